The van der Waals surface area contributed by atoms with Crippen molar-refractivity contribution in [3.63, 3.8) is 0 Å². The molecule has 2 amide bonds. The van der Waals surface area contributed by atoms with E-state index in [2.05, 4.69) is 0 Å². The number of hydrogen-bond acceptors (Lipinski definition) is 2. The van der Waals surface area contributed by atoms with Crippen molar-refractivity contribution >= 4 is 11.7 Å². The Balaban J connectivity index is 3.22. The molecule has 0 radical (unpaired) electrons. The molecule has 16 heavy (non-hydrogen) atoms. The topological polar surface area (TPSA) is 81.1 Å². The number of alkyl halides is 3. The zero-order chi connectivity index (χ0) is 12.3. The first-order chi connectivity index (χ1) is 7.34. The molecule has 4 nitrogen and oxygen atoms in total. The van der Waals surface area contributed by atoms with E-state index in [1.165, 1.54) is 6.07 Å². The van der Waals surface area contributed by atoms with Crippen LogP contribution in [-0.2, 0) is 12.7 Å². The van der Waals surface area contributed by atoms with Crippen LogP contribution in [-0.4, -0.2) is 6.03 Å². The van der Waals surface area contributed by atoms with E-state index in [9.17, 15) is 18.0 Å². The lowest BCUT2D eigenvalue weighted by atomic mass is 10.1. The van der Waals surface area contributed by atoms with Crippen LogP contribution in [0.25, 0.3) is 0 Å². The van der Waals surface area contributed by atoms with Gasteiger partial charge in [-0.25, -0.2) is 4.79 Å². The fraction of sp³-hybridized carbons (Fsp3) is 0.222. The number of urea groups is 1. The van der Waals surface area contributed by atoms with E-state index in [1.807, 2.05) is 5.32 Å². The van der Waals surface area contributed by atoms with E-state index in [0.717, 1.165) is 12.1 Å². The molecule has 1 aromatic rings. The lowest BCUT2D eigenvalue weighted by Gasteiger charge is -2.13. The van der Waals surface area contributed by atoms with E-state index < -0.39 is 17.8 Å². The van der Waals surface area contributed by atoms with Gasteiger partial charge in [-0.2, -0.15) is 13.2 Å². The average Bonchev–Trinajstić information content (AvgIpc) is 2.15. The Kier molecular flexibility index (Phi) is 3.38. The number of halogens is 3. The molecule has 0 aliphatic carbocycles. The predicted octanol–water partition coefficient (Wildman–Crippen LogP) is 1.65. The number of anilines is 1. The molecule has 0 aliphatic heterocycles. The second kappa shape index (κ2) is 4.40. The van der Waals surface area contributed by atoms with Gasteiger partial charge in [0.1, 0.15) is 0 Å². The summed E-state index contributed by atoms with van der Waals surface area (Å²) >= 11 is 0. The van der Waals surface area contributed by atoms with Gasteiger partial charge in [0, 0.05) is 6.54 Å². The number of amides is 2. The van der Waals surface area contributed by atoms with Gasteiger partial charge in [-0.15, -0.1) is 0 Å². The van der Waals surface area contributed by atoms with E-state index in [4.69, 9.17) is 11.5 Å². The maximum Gasteiger partial charge on any atom is 0.418 e. The molecule has 0 fully saturated rings. The van der Waals surface area contributed by atoms with E-state index in [-0.39, 0.29) is 12.2 Å². The fourth-order valence-corrected chi connectivity index (χ4v) is 1.19. The van der Waals surface area contributed by atoms with Gasteiger partial charge < -0.3 is 16.8 Å². The van der Waals surface area contributed by atoms with Gasteiger partial charge in [0.15, 0.2) is 0 Å². The Morgan fingerprint density at radius 2 is 2.00 bits per heavy atom. The van der Waals surface area contributed by atoms with Crippen molar-refractivity contribution in [3.8, 4) is 0 Å². The van der Waals surface area contributed by atoms with Gasteiger partial charge in [0.05, 0.1) is 11.3 Å². The molecule has 88 valence electrons. The number of nitrogens with one attached hydrogen (secondary N) is 1. The maximum absolute atomic E-state index is 12.6. The highest BCUT2D eigenvalue weighted by Crippen LogP contribution is 2.35. The minimum Gasteiger partial charge on any atom is -0.351 e. The summed E-state index contributed by atoms with van der Waals surface area (Å²) in [5, 5.41) is 1.91. The Morgan fingerprint density at radius 1 is 1.38 bits per heavy atom. The monoisotopic (exact) mass is 233 g/mol. The van der Waals surface area contributed by atoms with Gasteiger partial charge in [-0.3, -0.25) is 0 Å². The molecule has 0 aromatic heterocycles. The Bertz CT molecular complexity index is 403. The summed E-state index contributed by atoms with van der Waals surface area (Å²) in [4.78, 5) is 10.5. The highest BCUT2D eigenvalue weighted by Gasteiger charge is 2.34. The largest absolute Gasteiger partial charge is 0.418 e. The summed E-state index contributed by atoms with van der Waals surface area (Å²) in [5.74, 6) is 0. The highest BCUT2D eigenvalue weighted by atomic mass is 19.4. The molecular weight excluding hydrogens is 223 g/mol. The third kappa shape index (κ3) is 2.86. The molecule has 7 heteroatoms. The second-order valence-corrected chi connectivity index (χ2v) is 3.07. The number of benzene rings is 1. The number of carbonyl (C=O) groups excluding carboxylic acids is 1. The number of primary amides is 1. The van der Waals surface area contributed by atoms with Gasteiger partial charge in [0.2, 0.25) is 0 Å². The van der Waals surface area contributed by atoms with Crippen LogP contribution in [0.5, 0.6) is 0 Å². The first-order valence-corrected chi connectivity index (χ1v) is 4.31. The first-order valence-electron chi connectivity index (χ1n) is 4.31. The van der Waals surface area contributed by atoms with E-state index in [0.29, 0.717) is 5.56 Å². The molecule has 1 rings (SSSR count). The van der Waals surface area contributed by atoms with Crippen LogP contribution >= 0.6 is 0 Å². The van der Waals surface area contributed by atoms with Crippen LogP contribution in [0.4, 0.5) is 23.7 Å². The zero-order valence-electron chi connectivity index (χ0n) is 8.14. The number of carbonyl (C=O) groups is 1. The van der Waals surface area contributed by atoms with Crippen molar-refractivity contribution < 1.29 is 18.0 Å². The van der Waals surface area contributed by atoms with Crippen LogP contribution in [0.2, 0.25) is 0 Å². The Hall–Kier alpha value is -1.76. The number of rotatable bonds is 2. The van der Waals surface area contributed by atoms with Crippen molar-refractivity contribution in [1.82, 2.24) is 0 Å². The van der Waals surface area contributed by atoms with Crippen LogP contribution in [0, 0.1) is 0 Å². The lowest BCUT2D eigenvalue weighted by Crippen LogP contribution is -2.22. The molecule has 5 N–H and O–H groups in total. The SMILES string of the molecule is NCc1ccc(NC(N)=O)c(C(F)(F)F)c1. The van der Waals surface area contributed by atoms with Gasteiger partial charge >= 0.3 is 12.2 Å². The van der Waals surface area contributed by atoms with Crippen LogP contribution in [0.3, 0.4) is 0 Å². The summed E-state index contributed by atoms with van der Waals surface area (Å²) in [6.45, 7) is -0.0140. The summed E-state index contributed by atoms with van der Waals surface area (Å²) in [6, 6.07) is 2.34. The molecule has 0 bridgehead atoms. The summed E-state index contributed by atoms with van der Waals surface area (Å²) < 4.78 is 37.7. The summed E-state index contributed by atoms with van der Waals surface area (Å²) in [6.07, 6.45) is -4.57. The minimum atomic E-state index is -4.57. The first kappa shape index (κ1) is 12.3. The van der Waals surface area contributed by atoms with Gasteiger partial charge in [-0.1, -0.05) is 6.07 Å². The molecule has 0 atom stereocenters. The molecule has 0 aliphatic rings. The third-order valence-electron chi connectivity index (χ3n) is 1.88. The van der Waals surface area contributed by atoms with Crippen molar-refractivity contribution in [1.29, 1.82) is 0 Å². The Labute approximate surface area is 89.4 Å². The molecule has 0 saturated heterocycles. The predicted molar refractivity (Wildman–Crippen MR) is 52.5 cm³/mol. The molecule has 0 saturated carbocycles. The zero-order valence-corrected chi connectivity index (χ0v) is 8.14. The molecule has 0 unspecified atom stereocenters. The van der Waals surface area contributed by atoms with E-state index >= 15 is 0 Å². The van der Waals surface area contributed by atoms with Crippen molar-refractivity contribution in [2.75, 3.05) is 5.32 Å². The molecule has 0 heterocycles. The third-order valence-corrected chi connectivity index (χ3v) is 1.88. The maximum atomic E-state index is 12.6. The highest BCUT2D eigenvalue weighted by molar-refractivity contribution is 5.88. The van der Waals surface area contributed by atoms with Crippen molar-refractivity contribution in [2.24, 2.45) is 11.5 Å². The minimum absolute atomic E-state index is 0.0140. The molecule has 0 spiro atoms. The summed E-state index contributed by atoms with van der Waals surface area (Å²) in [5.41, 5.74) is 8.98. The second-order valence-electron chi connectivity index (χ2n) is 3.07. The Morgan fingerprint density at radius 3 is 2.44 bits per heavy atom. The number of hydrogen-bond donors (Lipinski definition) is 3. The van der Waals surface area contributed by atoms with Crippen LogP contribution < -0.4 is 16.8 Å². The van der Waals surface area contributed by atoms with Crippen molar-refractivity contribution in [2.45, 2.75) is 12.7 Å². The van der Waals surface area contributed by atoms with Crippen LogP contribution in [0.15, 0.2) is 18.2 Å². The fourth-order valence-electron chi connectivity index (χ4n) is 1.19. The average molecular weight is 233 g/mol. The van der Waals surface area contributed by atoms with Crippen molar-refractivity contribution in [3.05, 3.63) is 29.3 Å². The normalized spacial score (nSPS) is 11.2. The quantitative estimate of drug-likeness (QED) is 0.726. The smallest absolute Gasteiger partial charge is 0.351 e. The van der Waals surface area contributed by atoms with Gasteiger partial charge in [-0.05, 0) is 17.7 Å². The summed E-state index contributed by atoms with van der Waals surface area (Å²) in [7, 11) is 0. The van der Waals surface area contributed by atoms with Crippen LogP contribution in [0.1, 0.15) is 11.1 Å². The molecular formula is C9H10F3N3O. The lowest BCUT2D eigenvalue weighted by molar-refractivity contribution is -0.137. The molecule has 1 aromatic carbocycles. The van der Waals surface area contributed by atoms with E-state index in [1.54, 1.807) is 0 Å². The number of nitrogens with two attached hydrogens (primary N) is 2. The standard InChI is InChI=1S/C9H10F3N3O/c10-9(11,12)6-3-5(4-13)1-2-7(6)15-8(14)16/h1-3H,4,13H2,(H3,14,15,16). The van der Waals surface area contributed by atoms with Gasteiger partial charge in [0.25, 0.3) is 0 Å².